The Hall–Kier alpha value is -3.72. The molecular formula is C26H32FN3O5. The van der Waals surface area contributed by atoms with Crippen molar-refractivity contribution in [2.75, 3.05) is 13.2 Å². The number of rotatable bonds is 12. The van der Waals surface area contributed by atoms with Gasteiger partial charge in [0.05, 0.1) is 6.04 Å². The number of aliphatic hydroxyl groups excluding tert-OH is 1. The van der Waals surface area contributed by atoms with Crippen LogP contribution in [0.15, 0.2) is 72.6 Å². The van der Waals surface area contributed by atoms with Gasteiger partial charge in [0.2, 0.25) is 11.8 Å². The van der Waals surface area contributed by atoms with Crippen LogP contribution in [0.2, 0.25) is 0 Å². The maximum atomic E-state index is 14.3. The van der Waals surface area contributed by atoms with Crippen LogP contribution in [0.1, 0.15) is 25.0 Å². The van der Waals surface area contributed by atoms with Crippen molar-refractivity contribution >= 4 is 17.9 Å². The summed E-state index contributed by atoms with van der Waals surface area (Å²) in [7, 11) is 0. The van der Waals surface area contributed by atoms with Crippen LogP contribution >= 0.6 is 0 Å². The highest BCUT2D eigenvalue weighted by atomic mass is 19.1. The second-order valence-corrected chi connectivity index (χ2v) is 8.17. The fourth-order valence-corrected chi connectivity index (χ4v) is 3.08. The smallest absolute Gasteiger partial charge is 0.407 e. The van der Waals surface area contributed by atoms with Gasteiger partial charge in [-0.2, -0.15) is 0 Å². The Morgan fingerprint density at radius 3 is 2.17 bits per heavy atom. The van der Waals surface area contributed by atoms with Gasteiger partial charge in [0.15, 0.2) is 0 Å². The molecule has 0 heterocycles. The molecule has 9 heteroatoms. The van der Waals surface area contributed by atoms with E-state index >= 15 is 0 Å². The monoisotopic (exact) mass is 485 g/mol. The minimum Gasteiger partial charge on any atom is -0.445 e. The number of ether oxygens (including phenoxy) is 1. The third-order valence-electron chi connectivity index (χ3n) is 5.04. The second-order valence-electron chi connectivity index (χ2n) is 8.17. The Morgan fingerprint density at radius 2 is 1.57 bits per heavy atom. The molecule has 0 aliphatic rings. The third-order valence-corrected chi connectivity index (χ3v) is 5.04. The lowest BCUT2D eigenvalue weighted by molar-refractivity contribution is -0.128. The van der Waals surface area contributed by atoms with Crippen LogP contribution in [0.3, 0.4) is 0 Å². The average Bonchev–Trinajstić information content (AvgIpc) is 2.86. The third kappa shape index (κ3) is 10.4. The molecule has 3 amide bonds. The minimum absolute atomic E-state index is 0.0548. The molecule has 0 aromatic heterocycles. The van der Waals surface area contributed by atoms with E-state index < -0.39 is 48.3 Å². The van der Waals surface area contributed by atoms with Crippen molar-refractivity contribution in [3.63, 3.8) is 0 Å². The van der Waals surface area contributed by atoms with Crippen molar-refractivity contribution in [3.05, 3.63) is 83.7 Å². The van der Waals surface area contributed by atoms with Gasteiger partial charge in [-0.1, -0.05) is 67.6 Å². The van der Waals surface area contributed by atoms with Crippen molar-refractivity contribution in [2.24, 2.45) is 5.92 Å². The predicted molar refractivity (Wildman–Crippen MR) is 130 cm³/mol. The number of nitrogens with one attached hydrogen (secondary N) is 3. The second kappa shape index (κ2) is 14.5. The van der Waals surface area contributed by atoms with Crippen molar-refractivity contribution in [3.8, 4) is 0 Å². The molecule has 4 N–H and O–H groups in total. The highest BCUT2D eigenvalue weighted by Crippen LogP contribution is 2.10. The molecular weight excluding hydrogens is 453 g/mol. The zero-order chi connectivity index (χ0) is 25.6. The molecule has 0 unspecified atom stereocenters. The summed E-state index contributed by atoms with van der Waals surface area (Å²) in [5.41, 5.74) is 1.59. The van der Waals surface area contributed by atoms with Gasteiger partial charge < -0.3 is 25.8 Å². The number of halogens is 1. The summed E-state index contributed by atoms with van der Waals surface area (Å²) >= 11 is 0. The van der Waals surface area contributed by atoms with Gasteiger partial charge in [-0.25, -0.2) is 9.18 Å². The van der Waals surface area contributed by atoms with Crippen LogP contribution < -0.4 is 16.0 Å². The molecule has 0 saturated heterocycles. The Labute approximate surface area is 204 Å². The number of alkyl carbamates (subject to hydrolysis) is 1. The first kappa shape index (κ1) is 27.5. The van der Waals surface area contributed by atoms with Crippen LogP contribution in [0.5, 0.6) is 0 Å². The number of hydrogen-bond donors (Lipinski definition) is 4. The van der Waals surface area contributed by atoms with Crippen molar-refractivity contribution in [1.29, 1.82) is 0 Å². The highest BCUT2D eigenvalue weighted by Gasteiger charge is 2.24. The molecule has 0 fully saturated rings. The SMILES string of the molecule is C[C@H](/C=C(\F)[C@H](C)NC(=O)[C@H](Cc1ccccc1)NC(=O)CNC(=O)OCc1ccccc1)CO. The average molecular weight is 486 g/mol. The Balaban J connectivity index is 1.94. The zero-order valence-corrected chi connectivity index (χ0v) is 19.9. The first-order chi connectivity index (χ1) is 16.8. The molecule has 2 aromatic carbocycles. The van der Waals surface area contributed by atoms with E-state index in [1.807, 2.05) is 24.3 Å². The predicted octanol–water partition coefficient (Wildman–Crippen LogP) is 2.63. The molecule has 2 rings (SSSR count). The molecule has 0 aliphatic carbocycles. The van der Waals surface area contributed by atoms with Gasteiger partial charge in [-0.05, 0) is 30.0 Å². The van der Waals surface area contributed by atoms with Gasteiger partial charge >= 0.3 is 6.09 Å². The van der Waals surface area contributed by atoms with Gasteiger partial charge in [-0.15, -0.1) is 0 Å². The molecule has 0 radical (unpaired) electrons. The van der Waals surface area contributed by atoms with E-state index in [2.05, 4.69) is 16.0 Å². The number of benzene rings is 2. The van der Waals surface area contributed by atoms with E-state index in [0.717, 1.165) is 11.1 Å². The standard InChI is InChI=1S/C26H32FN3O5/c1-18(16-31)13-22(27)19(2)29-25(33)23(14-20-9-5-3-6-10-20)30-24(32)15-28-26(34)35-17-21-11-7-4-8-12-21/h3-13,18-19,23,31H,14-17H2,1-2H3,(H,28,34)(H,29,33)(H,30,32)/b22-13-/t18-,19+,23+/m1/s1. The summed E-state index contributed by atoms with van der Waals surface area (Å²) in [5, 5.41) is 16.6. The van der Waals surface area contributed by atoms with E-state index in [0.29, 0.717) is 0 Å². The lowest BCUT2D eigenvalue weighted by Crippen LogP contribution is -2.52. The summed E-state index contributed by atoms with van der Waals surface area (Å²) in [6.45, 7) is 2.55. The van der Waals surface area contributed by atoms with Gasteiger partial charge in [0.1, 0.15) is 25.0 Å². The summed E-state index contributed by atoms with van der Waals surface area (Å²) in [6.07, 6.45) is 0.634. The largest absolute Gasteiger partial charge is 0.445 e. The number of hydrogen-bond acceptors (Lipinski definition) is 5. The zero-order valence-electron chi connectivity index (χ0n) is 19.9. The van der Waals surface area contributed by atoms with Gasteiger partial charge in [0, 0.05) is 13.0 Å². The Kier molecular flexibility index (Phi) is 11.4. The minimum atomic E-state index is -1.00. The van der Waals surface area contributed by atoms with Crippen LogP contribution in [0, 0.1) is 5.92 Å². The van der Waals surface area contributed by atoms with Crippen LogP contribution in [-0.4, -0.2) is 48.2 Å². The maximum Gasteiger partial charge on any atom is 0.407 e. The van der Waals surface area contributed by atoms with Crippen LogP contribution in [-0.2, 0) is 27.4 Å². The van der Waals surface area contributed by atoms with Crippen molar-refractivity contribution in [2.45, 2.75) is 39.0 Å². The van der Waals surface area contributed by atoms with E-state index in [-0.39, 0.29) is 19.6 Å². The van der Waals surface area contributed by atoms with E-state index in [1.165, 1.54) is 13.0 Å². The lowest BCUT2D eigenvalue weighted by atomic mass is 10.0. The van der Waals surface area contributed by atoms with Crippen molar-refractivity contribution in [1.82, 2.24) is 16.0 Å². The first-order valence-corrected chi connectivity index (χ1v) is 11.3. The van der Waals surface area contributed by atoms with Gasteiger partial charge in [-0.3, -0.25) is 9.59 Å². The quantitative estimate of drug-likeness (QED) is 0.369. The molecule has 8 nitrogen and oxygen atoms in total. The Bertz CT molecular complexity index is 985. The van der Waals surface area contributed by atoms with E-state index in [4.69, 9.17) is 9.84 Å². The van der Waals surface area contributed by atoms with E-state index in [1.54, 1.807) is 43.3 Å². The van der Waals surface area contributed by atoms with Crippen LogP contribution in [0.4, 0.5) is 9.18 Å². The maximum absolute atomic E-state index is 14.3. The number of carbonyl (C=O) groups is 3. The molecule has 0 aliphatic heterocycles. The molecule has 0 saturated carbocycles. The summed E-state index contributed by atoms with van der Waals surface area (Å²) < 4.78 is 19.4. The summed E-state index contributed by atoms with van der Waals surface area (Å²) in [5.74, 6) is -2.17. The fourth-order valence-electron chi connectivity index (χ4n) is 3.08. The summed E-state index contributed by atoms with van der Waals surface area (Å²) in [4.78, 5) is 37.2. The topological polar surface area (TPSA) is 117 Å². The number of aliphatic hydroxyl groups is 1. The van der Waals surface area contributed by atoms with Crippen molar-refractivity contribution < 1.29 is 28.6 Å². The molecule has 0 bridgehead atoms. The number of carbonyl (C=O) groups excluding carboxylic acids is 3. The molecule has 2 aromatic rings. The molecule has 0 spiro atoms. The fraction of sp³-hybridized carbons (Fsp3) is 0.346. The van der Waals surface area contributed by atoms with Crippen LogP contribution in [0.25, 0.3) is 0 Å². The summed E-state index contributed by atoms with van der Waals surface area (Å²) in [6, 6.07) is 16.2. The molecule has 35 heavy (non-hydrogen) atoms. The highest BCUT2D eigenvalue weighted by molar-refractivity contribution is 5.89. The molecule has 188 valence electrons. The normalized spacial score (nSPS) is 13.8. The number of amides is 3. The first-order valence-electron chi connectivity index (χ1n) is 11.3. The van der Waals surface area contributed by atoms with E-state index in [9.17, 15) is 18.8 Å². The lowest BCUT2D eigenvalue weighted by Gasteiger charge is -2.21. The molecule has 3 atom stereocenters. The van der Waals surface area contributed by atoms with Gasteiger partial charge in [0.25, 0.3) is 0 Å². The Morgan fingerprint density at radius 1 is 0.971 bits per heavy atom.